The maximum atomic E-state index is 3.43. The van der Waals surface area contributed by atoms with Crippen molar-refractivity contribution in [2.24, 2.45) is 0 Å². The fraction of sp³-hybridized carbons (Fsp3) is 1.00. The first-order valence-corrected chi connectivity index (χ1v) is 4.77. The molecule has 0 aliphatic carbocycles. The van der Waals surface area contributed by atoms with Crippen molar-refractivity contribution >= 4 is 0 Å². The number of hydrogen-bond donors (Lipinski definition) is 2. The first-order valence-electron chi connectivity index (χ1n) is 4.77. The van der Waals surface area contributed by atoms with Gasteiger partial charge in [-0.05, 0) is 7.05 Å². The van der Waals surface area contributed by atoms with Gasteiger partial charge in [0.15, 0.2) is 0 Å². The molecule has 4 heteroatoms. The van der Waals surface area contributed by atoms with E-state index in [1.165, 1.54) is 13.1 Å². The van der Waals surface area contributed by atoms with Crippen molar-refractivity contribution in [3.05, 3.63) is 0 Å². The number of fused-ring (bicyclic) bond motifs is 1. The van der Waals surface area contributed by atoms with Gasteiger partial charge in [-0.25, -0.2) is 5.01 Å². The van der Waals surface area contributed by atoms with Crippen LogP contribution in [0.5, 0.6) is 0 Å². The topological polar surface area (TPSA) is 30.5 Å². The maximum absolute atomic E-state index is 3.43. The Kier molecular flexibility index (Phi) is 2.60. The molecule has 2 heterocycles. The first-order chi connectivity index (χ1) is 5.90. The summed E-state index contributed by atoms with van der Waals surface area (Å²) in [5.41, 5.74) is 3.22. The van der Waals surface area contributed by atoms with Gasteiger partial charge in [0.05, 0.1) is 0 Å². The van der Waals surface area contributed by atoms with Crippen LogP contribution in [0.2, 0.25) is 0 Å². The molecule has 0 spiro atoms. The summed E-state index contributed by atoms with van der Waals surface area (Å²) in [6.45, 7) is 7.07. The third-order valence-corrected chi connectivity index (χ3v) is 2.88. The number of nitrogens with zero attached hydrogens (tertiary/aromatic N) is 2. The highest BCUT2D eigenvalue weighted by molar-refractivity contribution is 4.85. The van der Waals surface area contributed by atoms with Crippen LogP contribution in [0, 0.1) is 0 Å². The van der Waals surface area contributed by atoms with Gasteiger partial charge in [-0.15, -0.1) is 0 Å². The molecule has 1 unspecified atom stereocenters. The molecule has 0 aromatic carbocycles. The van der Waals surface area contributed by atoms with Gasteiger partial charge < -0.3 is 5.32 Å². The van der Waals surface area contributed by atoms with E-state index in [0.29, 0.717) is 0 Å². The van der Waals surface area contributed by atoms with Crippen molar-refractivity contribution in [1.29, 1.82) is 0 Å². The molecule has 0 saturated carbocycles. The Morgan fingerprint density at radius 3 is 3.08 bits per heavy atom. The third kappa shape index (κ3) is 1.61. The molecule has 2 saturated heterocycles. The van der Waals surface area contributed by atoms with E-state index in [9.17, 15) is 0 Å². The van der Waals surface area contributed by atoms with Crippen LogP contribution in [0.1, 0.15) is 0 Å². The second-order valence-corrected chi connectivity index (χ2v) is 3.56. The van der Waals surface area contributed by atoms with Gasteiger partial charge in [0, 0.05) is 45.3 Å². The molecular weight excluding hydrogens is 152 g/mol. The molecule has 0 bridgehead atoms. The third-order valence-electron chi connectivity index (χ3n) is 2.88. The Bertz CT molecular complexity index is 150. The van der Waals surface area contributed by atoms with Crippen LogP contribution in [0.15, 0.2) is 0 Å². The molecule has 0 amide bonds. The Morgan fingerprint density at radius 2 is 2.25 bits per heavy atom. The molecule has 0 aromatic heterocycles. The summed E-state index contributed by atoms with van der Waals surface area (Å²) in [6, 6.07) is 0.722. The number of rotatable bonds is 1. The average molecular weight is 170 g/mol. The van der Waals surface area contributed by atoms with Gasteiger partial charge in [-0.2, -0.15) is 0 Å². The van der Waals surface area contributed by atoms with Crippen molar-refractivity contribution in [1.82, 2.24) is 20.7 Å². The van der Waals surface area contributed by atoms with E-state index >= 15 is 0 Å². The molecule has 2 rings (SSSR count). The zero-order valence-corrected chi connectivity index (χ0v) is 7.71. The molecule has 12 heavy (non-hydrogen) atoms. The van der Waals surface area contributed by atoms with E-state index in [2.05, 4.69) is 20.7 Å². The van der Waals surface area contributed by atoms with E-state index in [1.54, 1.807) is 0 Å². The molecule has 0 radical (unpaired) electrons. The van der Waals surface area contributed by atoms with Gasteiger partial charge in [0.1, 0.15) is 0 Å². The number of piperazine rings is 2. The monoisotopic (exact) mass is 170 g/mol. The molecular formula is C8H18N4. The summed E-state index contributed by atoms with van der Waals surface area (Å²) < 4.78 is 0. The van der Waals surface area contributed by atoms with Crippen LogP contribution in [0.4, 0.5) is 0 Å². The van der Waals surface area contributed by atoms with Gasteiger partial charge >= 0.3 is 0 Å². The molecule has 2 aliphatic rings. The van der Waals surface area contributed by atoms with E-state index in [0.717, 1.165) is 32.2 Å². The van der Waals surface area contributed by atoms with E-state index < -0.39 is 0 Å². The quantitative estimate of drug-likeness (QED) is 0.513. The summed E-state index contributed by atoms with van der Waals surface area (Å²) in [5, 5.41) is 5.73. The fourth-order valence-corrected chi connectivity index (χ4v) is 2.08. The first kappa shape index (κ1) is 8.44. The molecule has 1 atom stereocenters. The highest BCUT2D eigenvalue weighted by Gasteiger charge is 2.27. The summed E-state index contributed by atoms with van der Waals surface area (Å²) in [7, 11) is 2.01. The summed E-state index contributed by atoms with van der Waals surface area (Å²) >= 11 is 0. The zero-order valence-electron chi connectivity index (χ0n) is 7.71. The largest absolute Gasteiger partial charge is 0.314 e. The van der Waals surface area contributed by atoms with Crippen LogP contribution in [0.25, 0.3) is 0 Å². The van der Waals surface area contributed by atoms with Crippen molar-refractivity contribution in [2.45, 2.75) is 6.04 Å². The van der Waals surface area contributed by atoms with Gasteiger partial charge in [0.2, 0.25) is 0 Å². The average Bonchev–Trinajstić information content (AvgIpc) is 2.17. The number of nitrogens with one attached hydrogen (secondary N) is 2. The zero-order chi connectivity index (χ0) is 8.39. The number of hydrazine groups is 1. The minimum Gasteiger partial charge on any atom is -0.314 e. The van der Waals surface area contributed by atoms with Crippen molar-refractivity contribution in [3.63, 3.8) is 0 Å². The lowest BCUT2D eigenvalue weighted by Crippen LogP contribution is -2.62. The Balaban J connectivity index is 1.90. The normalized spacial score (nSPS) is 33.2. The van der Waals surface area contributed by atoms with Crippen LogP contribution >= 0.6 is 0 Å². The van der Waals surface area contributed by atoms with Crippen molar-refractivity contribution < 1.29 is 0 Å². The van der Waals surface area contributed by atoms with Gasteiger partial charge in [-0.3, -0.25) is 10.3 Å². The predicted molar refractivity (Wildman–Crippen MR) is 48.9 cm³/mol. The van der Waals surface area contributed by atoms with E-state index in [-0.39, 0.29) is 0 Å². The second kappa shape index (κ2) is 3.70. The summed E-state index contributed by atoms with van der Waals surface area (Å²) in [4.78, 5) is 2.59. The summed E-state index contributed by atoms with van der Waals surface area (Å²) in [5.74, 6) is 0. The Hall–Kier alpha value is -0.160. The van der Waals surface area contributed by atoms with E-state index in [1.807, 2.05) is 7.05 Å². The van der Waals surface area contributed by atoms with Crippen LogP contribution in [-0.4, -0.2) is 62.3 Å². The minimum atomic E-state index is 0.722. The molecule has 70 valence electrons. The highest BCUT2D eigenvalue weighted by atomic mass is 15.5. The standard InChI is InChI=1S/C8H18N4/c1-9-12-5-4-11-3-2-10-6-8(11)7-12/h8-10H,2-7H2,1H3. The lowest BCUT2D eigenvalue weighted by atomic mass is 10.1. The van der Waals surface area contributed by atoms with Crippen LogP contribution in [-0.2, 0) is 0 Å². The molecule has 2 aliphatic heterocycles. The number of hydrogen-bond acceptors (Lipinski definition) is 4. The molecule has 2 N–H and O–H groups in total. The Labute approximate surface area is 73.9 Å². The van der Waals surface area contributed by atoms with Crippen molar-refractivity contribution in [3.8, 4) is 0 Å². The molecule has 2 fully saturated rings. The second-order valence-electron chi connectivity index (χ2n) is 3.56. The molecule has 4 nitrogen and oxygen atoms in total. The fourth-order valence-electron chi connectivity index (χ4n) is 2.08. The maximum Gasteiger partial charge on any atom is 0.0363 e. The lowest BCUT2D eigenvalue weighted by molar-refractivity contribution is 0.0355. The smallest absolute Gasteiger partial charge is 0.0363 e. The van der Waals surface area contributed by atoms with Gasteiger partial charge in [0.25, 0.3) is 0 Å². The predicted octanol–water partition coefficient (Wildman–Crippen LogP) is -1.29. The summed E-state index contributed by atoms with van der Waals surface area (Å²) in [6.07, 6.45) is 0. The SMILES string of the molecule is CNN1CCN2CCNCC2C1. The van der Waals surface area contributed by atoms with Gasteiger partial charge in [-0.1, -0.05) is 0 Å². The minimum absolute atomic E-state index is 0.722. The highest BCUT2D eigenvalue weighted by Crippen LogP contribution is 2.08. The van der Waals surface area contributed by atoms with Crippen molar-refractivity contribution in [2.75, 3.05) is 46.3 Å². The van der Waals surface area contributed by atoms with Crippen LogP contribution < -0.4 is 10.7 Å². The Morgan fingerprint density at radius 1 is 1.33 bits per heavy atom. The lowest BCUT2D eigenvalue weighted by Gasteiger charge is -2.43. The van der Waals surface area contributed by atoms with Crippen LogP contribution in [0.3, 0.4) is 0 Å². The molecule has 0 aromatic rings. The van der Waals surface area contributed by atoms with E-state index in [4.69, 9.17) is 0 Å².